The van der Waals surface area contributed by atoms with Crippen LogP contribution in [0.2, 0.25) is 0 Å². The maximum atomic E-state index is 14.5. The predicted octanol–water partition coefficient (Wildman–Crippen LogP) is 7.05. The fraction of sp³-hybridized carbons (Fsp3) is 0.297. The molecule has 49 heavy (non-hydrogen) atoms. The Balaban J connectivity index is 1.59. The standard InChI is InChI=1S/C37H37F4N3O4S/c1-26-14-20-33(21-15-26)49(47,48)44(32-13-7-10-29(23-32)37(39,40)41)25-35(45)43(24-28-16-18-30(38)19-17-28)34(22-27-8-3-2-4-9-27)36(46)42-31-11-5-6-12-31/h2-4,7-10,13-21,23,31,34H,5-6,11-12,22,24-25H2,1H3,(H,42,46)/t34-/m0/s1. The van der Waals surface area contributed by atoms with Gasteiger partial charge in [-0.3, -0.25) is 13.9 Å². The van der Waals surface area contributed by atoms with Gasteiger partial charge in [-0.2, -0.15) is 13.2 Å². The summed E-state index contributed by atoms with van der Waals surface area (Å²) in [6.07, 6.45) is -1.29. The van der Waals surface area contributed by atoms with Gasteiger partial charge in [0.2, 0.25) is 11.8 Å². The number of benzene rings is 4. The number of nitrogens with one attached hydrogen (secondary N) is 1. The number of sulfonamides is 1. The van der Waals surface area contributed by atoms with E-state index < -0.39 is 52.0 Å². The molecule has 0 radical (unpaired) electrons. The van der Waals surface area contributed by atoms with Crippen LogP contribution in [0.5, 0.6) is 0 Å². The Morgan fingerprint density at radius 3 is 2.14 bits per heavy atom. The first-order chi connectivity index (χ1) is 23.3. The lowest BCUT2D eigenvalue weighted by Gasteiger charge is -2.34. The molecule has 1 saturated carbocycles. The third-order valence-corrected chi connectivity index (χ3v) is 10.4. The number of aryl methyl sites for hydroxylation is 1. The van der Waals surface area contributed by atoms with Gasteiger partial charge >= 0.3 is 6.18 Å². The van der Waals surface area contributed by atoms with Crippen LogP contribution >= 0.6 is 0 Å². The lowest BCUT2D eigenvalue weighted by Crippen LogP contribution is -2.54. The largest absolute Gasteiger partial charge is 0.416 e. The molecular weight excluding hydrogens is 658 g/mol. The number of nitrogens with zero attached hydrogens (tertiary/aromatic N) is 2. The molecule has 0 saturated heterocycles. The Morgan fingerprint density at radius 1 is 0.857 bits per heavy atom. The van der Waals surface area contributed by atoms with Crippen molar-refractivity contribution in [2.75, 3.05) is 10.8 Å². The molecule has 4 aromatic rings. The second kappa shape index (κ2) is 15.2. The van der Waals surface area contributed by atoms with Crippen LogP contribution in [0.4, 0.5) is 23.2 Å². The quantitative estimate of drug-likeness (QED) is 0.161. The van der Waals surface area contributed by atoms with E-state index in [1.807, 2.05) is 0 Å². The maximum Gasteiger partial charge on any atom is 0.416 e. The highest BCUT2D eigenvalue weighted by molar-refractivity contribution is 7.92. The third-order valence-electron chi connectivity index (χ3n) is 8.59. The first kappa shape index (κ1) is 35.6. The molecule has 1 N–H and O–H groups in total. The molecule has 0 aromatic heterocycles. The number of rotatable bonds is 12. The van der Waals surface area contributed by atoms with Gasteiger partial charge in [0.05, 0.1) is 16.1 Å². The number of hydrogen-bond donors (Lipinski definition) is 1. The van der Waals surface area contributed by atoms with Crippen molar-refractivity contribution in [1.29, 1.82) is 0 Å². The lowest BCUT2D eigenvalue weighted by atomic mass is 10.0. The van der Waals surface area contributed by atoms with E-state index in [2.05, 4.69) is 5.32 Å². The summed E-state index contributed by atoms with van der Waals surface area (Å²) in [5.74, 6) is -1.79. The van der Waals surface area contributed by atoms with Crippen molar-refractivity contribution in [2.24, 2.45) is 0 Å². The molecular formula is C37H37F4N3O4S. The van der Waals surface area contributed by atoms with Gasteiger partial charge in [-0.15, -0.1) is 0 Å². The molecule has 7 nitrogen and oxygen atoms in total. The van der Waals surface area contributed by atoms with Crippen LogP contribution < -0.4 is 9.62 Å². The topological polar surface area (TPSA) is 86.8 Å². The third kappa shape index (κ3) is 9.05. The number of alkyl halides is 3. The highest BCUT2D eigenvalue weighted by Gasteiger charge is 2.37. The smallest absolute Gasteiger partial charge is 0.352 e. The highest BCUT2D eigenvalue weighted by Crippen LogP contribution is 2.33. The molecule has 0 spiro atoms. The Kier molecular flexibility index (Phi) is 11.1. The maximum absolute atomic E-state index is 14.5. The average Bonchev–Trinajstić information content (AvgIpc) is 3.59. The second-order valence-electron chi connectivity index (χ2n) is 12.2. The van der Waals surface area contributed by atoms with Crippen molar-refractivity contribution >= 4 is 27.5 Å². The normalized spacial score (nSPS) is 14.3. The fourth-order valence-corrected chi connectivity index (χ4v) is 7.32. The van der Waals surface area contributed by atoms with E-state index in [4.69, 9.17) is 0 Å². The number of anilines is 1. The fourth-order valence-electron chi connectivity index (χ4n) is 5.91. The van der Waals surface area contributed by atoms with E-state index >= 15 is 0 Å². The van der Waals surface area contributed by atoms with Crippen LogP contribution in [0.3, 0.4) is 0 Å². The molecule has 1 aliphatic rings. The van der Waals surface area contributed by atoms with E-state index in [-0.39, 0.29) is 29.6 Å². The molecule has 0 unspecified atom stereocenters. The molecule has 5 rings (SSSR count). The summed E-state index contributed by atoms with van der Waals surface area (Å²) in [5, 5.41) is 3.05. The number of halogens is 4. The van der Waals surface area contributed by atoms with Gasteiger partial charge in [0.25, 0.3) is 10.0 Å². The molecule has 4 aromatic carbocycles. The predicted molar refractivity (Wildman–Crippen MR) is 178 cm³/mol. The Hall–Kier alpha value is -4.71. The number of carbonyl (C=O) groups is 2. The molecule has 2 amide bonds. The Labute approximate surface area is 283 Å². The van der Waals surface area contributed by atoms with Crippen molar-refractivity contribution in [1.82, 2.24) is 10.2 Å². The first-order valence-corrected chi connectivity index (χ1v) is 17.4. The van der Waals surface area contributed by atoms with E-state index in [0.717, 1.165) is 48.9 Å². The molecule has 12 heteroatoms. The summed E-state index contributed by atoms with van der Waals surface area (Å²) < 4.78 is 84.2. The van der Waals surface area contributed by atoms with Crippen molar-refractivity contribution < 1.29 is 35.6 Å². The van der Waals surface area contributed by atoms with Crippen LogP contribution in [0, 0.1) is 12.7 Å². The zero-order valence-corrected chi connectivity index (χ0v) is 27.7. The average molecular weight is 696 g/mol. The van der Waals surface area contributed by atoms with Gasteiger partial charge in [0, 0.05) is 19.0 Å². The summed E-state index contributed by atoms with van der Waals surface area (Å²) in [5.41, 5.74) is 0.479. The van der Waals surface area contributed by atoms with Gasteiger partial charge in [-0.25, -0.2) is 12.8 Å². The van der Waals surface area contributed by atoms with E-state index in [0.29, 0.717) is 15.9 Å². The molecule has 0 bridgehead atoms. The van der Waals surface area contributed by atoms with Crippen molar-refractivity contribution in [3.8, 4) is 0 Å². The van der Waals surface area contributed by atoms with Crippen molar-refractivity contribution in [2.45, 2.75) is 68.7 Å². The van der Waals surface area contributed by atoms with Gasteiger partial charge < -0.3 is 10.2 Å². The summed E-state index contributed by atoms with van der Waals surface area (Å²) in [6, 6.07) is 22.6. The van der Waals surface area contributed by atoms with Crippen LogP contribution in [0.15, 0.2) is 108 Å². The van der Waals surface area contributed by atoms with Crippen LogP contribution in [0.1, 0.15) is 47.9 Å². The highest BCUT2D eigenvalue weighted by atomic mass is 32.2. The first-order valence-electron chi connectivity index (χ1n) is 16.0. The number of amides is 2. The Morgan fingerprint density at radius 2 is 1.51 bits per heavy atom. The zero-order chi connectivity index (χ0) is 35.2. The summed E-state index contributed by atoms with van der Waals surface area (Å²) in [6.45, 7) is 0.637. The molecule has 1 fully saturated rings. The lowest BCUT2D eigenvalue weighted by molar-refractivity contribution is -0.140. The van der Waals surface area contributed by atoms with Crippen LogP contribution in [0.25, 0.3) is 0 Å². The minimum atomic E-state index is -4.78. The van der Waals surface area contributed by atoms with E-state index in [1.54, 1.807) is 49.4 Å². The van der Waals surface area contributed by atoms with Crippen LogP contribution in [-0.2, 0) is 38.8 Å². The minimum Gasteiger partial charge on any atom is -0.352 e. The molecule has 1 aliphatic carbocycles. The van der Waals surface area contributed by atoms with Crippen LogP contribution in [-0.4, -0.2) is 43.8 Å². The molecule has 258 valence electrons. The molecule has 1 atom stereocenters. The van der Waals surface area contributed by atoms with Crippen molar-refractivity contribution in [3.05, 3.63) is 131 Å². The molecule has 0 aliphatic heterocycles. The number of hydrogen-bond acceptors (Lipinski definition) is 4. The van der Waals surface area contributed by atoms with E-state index in [1.165, 1.54) is 47.4 Å². The Bertz CT molecular complexity index is 1850. The van der Waals surface area contributed by atoms with Gasteiger partial charge in [-0.05, 0) is 73.4 Å². The SMILES string of the molecule is Cc1ccc(S(=O)(=O)N(CC(=O)N(Cc2ccc(F)cc2)[C@@H](Cc2ccccc2)C(=O)NC2CCCC2)c2cccc(C(F)(F)F)c2)cc1. The zero-order valence-electron chi connectivity index (χ0n) is 26.9. The van der Waals surface area contributed by atoms with Gasteiger partial charge in [0.15, 0.2) is 0 Å². The van der Waals surface area contributed by atoms with Gasteiger partial charge in [0.1, 0.15) is 18.4 Å². The summed E-state index contributed by atoms with van der Waals surface area (Å²) in [4.78, 5) is 29.6. The number of carbonyl (C=O) groups excluding carboxylic acids is 2. The summed E-state index contributed by atoms with van der Waals surface area (Å²) >= 11 is 0. The summed E-state index contributed by atoms with van der Waals surface area (Å²) in [7, 11) is -4.60. The second-order valence-corrected chi connectivity index (χ2v) is 14.1. The monoisotopic (exact) mass is 695 g/mol. The molecule has 0 heterocycles. The van der Waals surface area contributed by atoms with E-state index in [9.17, 15) is 35.6 Å². The minimum absolute atomic E-state index is 0.0700. The van der Waals surface area contributed by atoms with Crippen molar-refractivity contribution in [3.63, 3.8) is 0 Å². The van der Waals surface area contributed by atoms with Gasteiger partial charge in [-0.1, -0.05) is 79.1 Å².